The molecule has 7 rings (SSSR count). The average Bonchev–Trinajstić information content (AvgIpc) is 3.65. The first-order chi connectivity index (χ1) is 25.8. The predicted octanol–water partition coefficient (Wildman–Crippen LogP) is 4.50. The number of aryl methyl sites for hydroxylation is 1. The maximum absolute atomic E-state index is 14.2. The molecule has 12 nitrogen and oxygen atoms in total. The third-order valence-electron chi connectivity index (χ3n) is 12.1. The third kappa shape index (κ3) is 7.45. The van der Waals surface area contributed by atoms with Crippen LogP contribution in [0.4, 0.5) is 0 Å². The van der Waals surface area contributed by atoms with E-state index in [1.165, 1.54) is 5.01 Å². The Bertz CT molecular complexity index is 1950. The van der Waals surface area contributed by atoms with Crippen LogP contribution < -0.4 is 10.7 Å². The molecule has 3 aliphatic heterocycles. The fraction of sp³-hybridized carbons (Fsp3) is 0.571. The van der Waals surface area contributed by atoms with Gasteiger partial charge in [0.1, 0.15) is 12.1 Å². The minimum Gasteiger partial charge on any atom is -0.464 e. The lowest BCUT2D eigenvalue weighted by Gasteiger charge is -2.38. The Morgan fingerprint density at radius 2 is 1.96 bits per heavy atom. The number of cyclic esters (lactones) is 1. The van der Waals surface area contributed by atoms with E-state index in [2.05, 4.69) is 74.2 Å². The highest BCUT2D eigenvalue weighted by molar-refractivity contribution is 5.95. The van der Waals surface area contributed by atoms with Crippen LogP contribution in [0.15, 0.2) is 42.6 Å². The first-order valence-electron chi connectivity index (χ1n) is 19.6. The van der Waals surface area contributed by atoms with Gasteiger partial charge in [0, 0.05) is 73.8 Å². The van der Waals surface area contributed by atoms with Crippen LogP contribution >= 0.6 is 0 Å². The molecule has 3 N–H and O–H groups in total. The van der Waals surface area contributed by atoms with Crippen molar-refractivity contribution in [1.82, 2.24) is 30.2 Å². The van der Waals surface area contributed by atoms with Gasteiger partial charge >= 0.3 is 5.97 Å². The molecule has 2 aromatic heterocycles. The Labute approximate surface area is 318 Å². The summed E-state index contributed by atoms with van der Waals surface area (Å²) in [4.78, 5) is 48.2. The molecule has 1 saturated heterocycles. The molecular weight excluding hydrogens is 684 g/mol. The second-order valence-corrected chi connectivity index (χ2v) is 16.6. The number of methoxy groups -OCH3 is 1. The van der Waals surface area contributed by atoms with Crippen molar-refractivity contribution in [3.63, 3.8) is 0 Å². The summed E-state index contributed by atoms with van der Waals surface area (Å²) in [5.41, 5.74) is 9.72. The minimum absolute atomic E-state index is 0.134. The van der Waals surface area contributed by atoms with Gasteiger partial charge in [-0.25, -0.2) is 5.43 Å². The van der Waals surface area contributed by atoms with E-state index >= 15 is 0 Å². The van der Waals surface area contributed by atoms with E-state index in [0.29, 0.717) is 38.9 Å². The van der Waals surface area contributed by atoms with Crippen LogP contribution in [-0.4, -0.2) is 100 Å². The van der Waals surface area contributed by atoms with Crippen molar-refractivity contribution >= 4 is 34.3 Å². The number of aliphatic hydroxyl groups excluding tert-OH is 1. The van der Waals surface area contributed by atoms with Crippen molar-refractivity contribution in [2.45, 2.75) is 91.6 Å². The monoisotopic (exact) mass is 740 g/mol. The number of ether oxygens (including phenoxy) is 2. The maximum Gasteiger partial charge on any atom is 0.324 e. The Morgan fingerprint density at radius 3 is 2.69 bits per heavy atom. The summed E-state index contributed by atoms with van der Waals surface area (Å²) < 4.78 is 14.2. The lowest BCUT2D eigenvalue weighted by atomic mass is 9.84. The minimum atomic E-state index is -0.873. The fourth-order valence-electron chi connectivity index (χ4n) is 8.78. The number of nitrogens with one attached hydrogen (secondary N) is 2. The molecule has 1 saturated carbocycles. The molecule has 2 unspecified atom stereocenters. The van der Waals surface area contributed by atoms with Gasteiger partial charge in [-0.15, -0.1) is 0 Å². The number of hydrogen-bond acceptors (Lipinski definition) is 9. The predicted molar refractivity (Wildman–Crippen MR) is 207 cm³/mol. The van der Waals surface area contributed by atoms with E-state index in [-0.39, 0.29) is 48.8 Å². The normalized spacial score (nSPS) is 29.2. The molecule has 6 bridgehead atoms. The summed E-state index contributed by atoms with van der Waals surface area (Å²) in [5.74, 6) is -0.485. The standard InChI is InChI=1S/C42H56N6O6/c1-8-47-35-14-13-27-18-31(35)32(38(47)30-11-9-15-43-37(30)26(4)53-7)19-42(5,6)23-54-41(52)33-12-10-16-48(45-33)40(51)34(44-39(50)36-24(2)25(36)3)22-46-20-28(27)17-29(49)21-46/h9,11,13-15,17-18,24-26,29,33-34,36,45,49H,8,10,12,16,19-23H2,1-7H3,(H,44,50)/t24-,25+,26-,29-,33-,34-,36?/m0/s1. The van der Waals surface area contributed by atoms with Crippen LogP contribution in [0.3, 0.4) is 0 Å². The van der Waals surface area contributed by atoms with E-state index in [9.17, 15) is 19.5 Å². The summed E-state index contributed by atoms with van der Waals surface area (Å²) in [6.07, 6.45) is 4.46. The van der Waals surface area contributed by atoms with Crippen LogP contribution in [0.2, 0.25) is 0 Å². The molecule has 2 fully saturated rings. The summed E-state index contributed by atoms with van der Waals surface area (Å²) in [6.45, 7) is 14.8. The Kier molecular flexibility index (Phi) is 10.8. The highest BCUT2D eigenvalue weighted by Gasteiger charge is 2.49. The number of carbonyl (C=O) groups excluding carboxylic acids is 3. The van der Waals surface area contributed by atoms with Crippen LogP contribution in [0.5, 0.6) is 0 Å². The number of pyridine rings is 1. The Hall–Kier alpha value is -4.10. The number of carbonyl (C=O) groups is 3. The molecule has 8 atom stereocenters. The van der Waals surface area contributed by atoms with E-state index < -0.39 is 29.6 Å². The largest absolute Gasteiger partial charge is 0.464 e. The number of hydrogen-bond donors (Lipinski definition) is 3. The van der Waals surface area contributed by atoms with Crippen molar-refractivity contribution in [1.29, 1.82) is 0 Å². The number of aromatic nitrogens is 2. The second-order valence-electron chi connectivity index (χ2n) is 16.6. The molecule has 54 heavy (non-hydrogen) atoms. The number of benzene rings is 1. The molecule has 12 heteroatoms. The molecule has 4 aliphatic rings. The second kappa shape index (κ2) is 15.2. The van der Waals surface area contributed by atoms with Crippen LogP contribution in [0.1, 0.15) is 77.3 Å². The quantitative estimate of drug-likeness (QED) is 0.312. The SMILES string of the molecule is CCn1c(-c2cccnc2[C@H](C)OC)c2c3cc(ccc31)C1=C[C@H](O)CN(C1)C[C@H](NC(=O)C1[C@@H](C)[C@H]1C)C(=O)N1CCC[C@H](N1)C(=O)OCC(C)(C)C2. The maximum atomic E-state index is 14.2. The number of hydrazine groups is 1. The molecule has 5 heterocycles. The lowest BCUT2D eigenvalue weighted by molar-refractivity contribution is -0.155. The highest BCUT2D eigenvalue weighted by atomic mass is 16.5. The summed E-state index contributed by atoms with van der Waals surface area (Å²) >= 11 is 0. The molecule has 1 aromatic carbocycles. The summed E-state index contributed by atoms with van der Waals surface area (Å²) in [5, 5.41) is 16.9. The summed E-state index contributed by atoms with van der Waals surface area (Å²) in [6, 6.07) is 8.96. The van der Waals surface area contributed by atoms with Gasteiger partial charge in [0.2, 0.25) is 5.91 Å². The Morgan fingerprint density at radius 1 is 1.19 bits per heavy atom. The molecule has 290 valence electrons. The van der Waals surface area contributed by atoms with Crippen LogP contribution in [0.25, 0.3) is 27.7 Å². The zero-order valence-corrected chi connectivity index (χ0v) is 32.7. The fourth-order valence-corrected chi connectivity index (χ4v) is 8.78. The molecular formula is C42H56N6O6. The lowest BCUT2D eigenvalue weighted by Crippen LogP contribution is -2.62. The third-order valence-corrected chi connectivity index (χ3v) is 12.1. The molecule has 0 spiro atoms. The van der Waals surface area contributed by atoms with Gasteiger partial charge in [-0.1, -0.05) is 33.8 Å². The van der Waals surface area contributed by atoms with Gasteiger partial charge in [0.05, 0.1) is 30.2 Å². The van der Waals surface area contributed by atoms with Crippen molar-refractivity contribution in [2.24, 2.45) is 23.2 Å². The van der Waals surface area contributed by atoms with Gasteiger partial charge in [-0.05, 0) is 92.0 Å². The number of nitrogens with zero attached hydrogens (tertiary/aromatic N) is 4. The highest BCUT2D eigenvalue weighted by Crippen LogP contribution is 2.45. The van der Waals surface area contributed by atoms with Gasteiger partial charge in [0.15, 0.2) is 0 Å². The van der Waals surface area contributed by atoms with Gasteiger partial charge in [-0.2, -0.15) is 0 Å². The van der Waals surface area contributed by atoms with Gasteiger partial charge < -0.3 is 24.5 Å². The molecule has 2 amide bonds. The van der Waals surface area contributed by atoms with Crippen molar-refractivity contribution in [3.05, 3.63) is 59.4 Å². The first kappa shape index (κ1) is 38.2. The van der Waals surface area contributed by atoms with Gasteiger partial charge in [0.25, 0.3) is 5.91 Å². The van der Waals surface area contributed by atoms with Crippen molar-refractivity contribution < 1.29 is 29.0 Å². The Balaban J connectivity index is 1.34. The summed E-state index contributed by atoms with van der Waals surface area (Å²) in [7, 11) is 1.69. The molecule has 0 radical (unpaired) electrons. The van der Waals surface area contributed by atoms with Crippen molar-refractivity contribution in [3.8, 4) is 11.3 Å². The van der Waals surface area contributed by atoms with Crippen LogP contribution in [-0.2, 0) is 36.8 Å². The smallest absolute Gasteiger partial charge is 0.324 e. The van der Waals surface area contributed by atoms with E-state index in [1.807, 2.05) is 24.0 Å². The van der Waals surface area contributed by atoms with Crippen LogP contribution in [0, 0.1) is 23.2 Å². The average molecular weight is 741 g/mol. The number of fused-ring (bicyclic) bond motifs is 6. The van der Waals surface area contributed by atoms with E-state index in [1.54, 1.807) is 13.3 Å². The van der Waals surface area contributed by atoms with E-state index in [0.717, 1.165) is 51.1 Å². The molecule has 1 aliphatic carbocycles. The zero-order valence-electron chi connectivity index (χ0n) is 32.7. The van der Waals surface area contributed by atoms with Gasteiger partial charge in [-0.3, -0.25) is 29.3 Å². The number of rotatable bonds is 6. The van der Waals surface area contributed by atoms with Crippen molar-refractivity contribution in [2.75, 3.05) is 39.9 Å². The zero-order chi connectivity index (χ0) is 38.5. The number of aliphatic hydroxyl groups is 1. The number of amides is 2. The topological polar surface area (TPSA) is 138 Å². The first-order valence-corrected chi connectivity index (χ1v) is 19.6. The number of esters is 1. The van der Waals surface area contributed by atoms with E-state index in [4.69, 9.17) is 14.5 Å². The molecule has 3 aromatic rings.